The molecule has 11 heteroatoms. The summed E-state index contributed by atoms with van der Waals surface area (Å²) in [6, 6.07) is 10.5. The molecule has 0 unspecified atom stereocenters. The van der Waals surface area contributed by atoms with E-state index in [1.807, 2.05) is 0 Å². The molecule has 0 saturated heterocycles. The van der Waals surface area contributed by atoms with Gasteiger partial charge in [0.25, 0.3) is 10.0 Å². The number of para-hydroxylation sites is 1. The Labute approximate surface area is 150 Å². The van der Waals surface area contributed by atoms with Gasteiger partial charge in [0.05, 0.1) is 19.4 Å². The maximum absolute atomic E-state index is 12.8. The highest BCUT2D eigenvalue weighted by Gasteiger charge is 2.29. The van der Waals surface area contributed by atoms with E-state index in [4.69, 9.17) is 10.5 Å². The lowest BCUT2D eigenvalue weighted by atomic mass is 9.79. The average Bonchev–Trinajstić information content (AvgIpc) is 3.00. The Morgan fingerprint density at radius 1 is 1.35 bits per heavy atom. The number of hydrazine groups is 1. The van der Waals surface area contributed by atoms with Crippen LogP contribution in [0.2, 0.25) is 0 Å². The number of anilines is 2. The number of benzene rings is 2. The summed E-state index contributed by atoms with van der Waals surface area (Å²) < 4.78 is 37.6. The van der Waals surface area contributed by atoms with E-state index in [0.29, 0.717) is 10.5 Å². The molecule has 9 nitrogen and oxygen atoms in total. The van der Waals surface area contributed by atoms with E-state index in [9.17, 15) is 18.2 Å². The molecule has 136 valence electrons. The fourth-order valence-corrected chi connectivity index (χ4v) is 3.82. The number of sulfonamides is 1. The van der Waals surface area contributed by atoms with Crippen molar-refractivity contribution in [3.63, 3.8) is 0 Å². The lowest BCUT2D eigenvalue weighted by Crippen LogP contribution is -2.38. The predicted molar refractivity (Wildman–Crippen MR) is 95.2 cm³/mol. The lowest BCUT2D eigenvalue weighted by molar-refractivity contribution is 0.178. The van der Waals surface area contributed by atoms with Gasteiger partial charge in [-0.2, -0.15) is 0 Å². The summed E-state index contributed by atoms with van der Waals surface area (Å²) in [5.41, 5.74) is 1.47. The minimum Gasteiger partial charge on any atom is -0.452 e. The fourth-order valence-electron chi connectivity index (χ4n) is 2.57. The van der Waals surface area contributed by atoms with E-state index in [-0.39, 0.29) is 22.9 Å². The Morgan fingerprint density at radius 3 is 2.81 bits per heavy atom. The van der Waals surface area contributed by atoms with Crippen molar-refractivity contribution in [2.45, 2.75) is 11.5 Å². The lowest BCUT2D eigenvalue weighted by Gasteiger charge is -2.19. The quantitative estimate of drug-likeness (QED) is 0.299. The highest BCUT2D eigenvalue weighted by molar-refractivity contribution is 7.92. The molecule has 0 bridgehead atoms. The van der Waals surface area contributed by atoms with E-state index in [1.165, 1.54) is 24.3 Å². The number of carbonyl (C=O) groups excluding carboxylic acids is 1. The number of nitrogens with two attached hydrogens (primary N) is 1. The Hall–Kier alpha value is -2.60. The molecule has 1 aliphatic rings. The van der Waals surface area contributed by atoms with E-state index < -0.39 is 23.2 Å². The van der Waals surface area contributed by atoms with Crippen LogP contribution in [-0.2, 0) is 26.0 Å². The van der Waals surface area contributed by atoms with E-state index in [0.717, 1.165) is 12.7 Å². The Morgan fingerprint density at radius 2 is 2.08 bits per heavy atom. The third kappa shape index (κ3) is 3.37. The number of nitrogens with zero attached hydrogens (tertiary/aromatic N) is 1. The standard InChI is InChI=1S/C15H16BN3O6S/c1-24-15(20)19(17)13-4-2-3-5-14(13)26(22,23)18-11-7-6-10-9-25-16(21)12(10)8-11/h2-8,18,21H,9,17H2,1H3. The molecule has 0 saturated carbocycles. The number of nitrogens with one attached hydrogen (secondary N) is 1. The molecular weight excluding hydrogens is 361 g/mol. The van der Waals surface area contributed by atoms with Gasteiger partial charge in [0.15, 0.2) is 0 Å². The predicted octanol–water partition coefficient (Wildman–Crippen LogP) is 0.152. The van der Waals surface area contributed by atoms with Crippen molar-refractivity contribution in [3.8, 4) is 0 Å². The number of rotatable bonds is 4. The van der Waals surface area contributed by atoms with Crippen LogP contribution >= 0.6 is 0 Å². The Kier molecular flexibility index (Phi) is 4.87. The van der Waals surface area contributed by atoms with Crippen molar-refractivity contribution >= 4 is 40.1 Å². The first-order chi connectivity index (χ1) is 12.3. The summed E-state index contributed by atoms with van der Waals surface area (Å²) in [7, 11) is -4.03. The van der Waals surface area contributed by atoms with Crippen molar-refractivity contribution in [1.82, 2.24) is 0 Å². The SMILES string of the molecule is COC(=O)N(N)c1ccccc1S(=O)(=O)Nc1ccc2c(c1)B(O)OC2. The molecule has 1 amide bonds. The van der Waals surface area contributed by atoms with Crippen molar-refractivity contribution in [1.29, 1.82) is 0 Å². The van der Waals surface area contributed by atoms with Gasteiger partial charge in [-0.1, -0.05) is 18.2 Å². The highest BCUT2D eigenvalue weighted by atomic mass is 32.2. The molecule has 0 atom stereocenters. The molecule has 2 aromatic carbocycles. The van der Waals surface area contributed by atoms with Crippen LogP contribution in [-0.4, -0.2) is 33.8 Å². The minimum absolute atomic E-state index is 0.0450. The first-order valence-corrected chi connectivity index (χ1v) is 8.99. The number of ether oxygens (including phenoxy) is 1. The maximum Gasteiger partial charge on any atom is 0.491 e. The first-order valence-electron chi connectivity index (χ1n) is 7.50. The number of methoxy groups -OCH3 is 1. The third-order valence-electron chi connectivity index (χ3n) is 3.85. The number of carbonyl (C=O) groups is 1. The van der Waals surface area contributed by atoms with Gasteiger partial charge in [0.2, 0.25) is 0 Å². The summed E-state index contributed by atoms with van der Waals surface area (Å²) in [5, 5.41) is 10.4. The van der Waals surface area contributed by atoms with Crippen LogP contribution in [0.15, 0.2) is 47.4 Å². The third-order valence-corrected chi connectivity index (χ3v) is 5.28. The van der Waals surface area contributed by atoms with Crippen molar-refractivity contribution < 1.29 is 27.6 Å². The van der Waals surface area contributed by atoms with Gasteiger partial charge in [-0.3, -0.25) is 4.72 Å². The van der Waals surface area contributed by atoms with Gasteiger partial charge in [-0.25, -0.2) is 24.1 Å². The first kappa shape index (κ1) is 18.2. The molecule has 1 heterocycles. The van der Waals surface area contributed by atoms with Gasteiger partial charge >= 0.3 is 13.2 Å². The molecule has 0 spiro atoms. The summed E-state index contributed by atoms with van der Waals surface area (Å²) in [5.74, 6) is 5.65. The second kappa shape index (κ2) is 6.96. The zero-order chi connectivity index (χ0) is 18.9. The van der Waals surface area contributed by atoms with E-state index in [1.54, 1.807) is 18.2 Å². The number of hydrogen-bond donors (Lipinski definition) is 3. The zero-order valence-corrected chi connectivity index (χ0v) is 14.6. The van der Waals surface area contributed by atoms with Crippen LogP contribution in [0.1, 0.15) is 5.56 Å². The molecule has 26 heavy (non-hydrogen) atoms. The van der Waals surface area contributed by atoms with Crippen LogP contribution < -0.4 is 21.0 Å². The van der Waals surface area contributed by atoms with Crippen LogP contribution in [0, 0.1) is 0 Å². The highest BCUT2D eigenvalue weighted by Crippen LogP contribution is 2.26. The molecule has 2 aromatic rings. The largest absolute Gasteiger partial charge is 0.491 e. The van der Waals surface area contributed by atoms with Gasteiger partial charge in [-0.05, 0) is 35.3 Å². The van der Waals surface area contributed by atoms with Crippen LogP contribution in [0.5, 0.6) is 0 Å². The van der Waals surface area contributed by atoms with Gasteiger partial charge < -0.3 is 14.4 Å². The van der Waals surface area contributed by atoms with Crippen molar-refractivity contribution in [2.24, 2.45) is 5.84 Å². The monoisotopic (exact) mass is 377 g/mol. The maximum atomic E-state index is 12.8. The number of amides is 1. The molecule has 4 N–H and O–H groups in total. The normalized spacial score (nSPS) is 13.3. The van der Waals surface area contributed by atoms with Gasteiger partial charge in [0, 0.05) is 5.69 Å². The molecule has 1 aliphatic heterocycles. The van der Waals surface area contributed by atoms with E-state index >= 15 is 0 Å². The van der Waals surface area contributed by atoms with Crippen molar-refractivity contribution in [3.05, 3.63) is 48.0 Å². The summed E-state index contributed by atoms with van der Waals surface area (Å²) in [6.07, 6.45) is -0.912. The van der Waals surface area contributed by atoms with Crippen molar-refractivity contribution in [2.75, 3.05) is 16.8 Å². The Bertz CT molecular complexity index is 952. The van der Waals surface area contributed by atoms with E-state index in [2.05, 4.69) is 9.46 Å². The smallest absolute Gasteiger partial charge is 0.452 e. The van der Waals surface area contributed by atoms with Crippen LogP contribution in [0.4, 0.5) is 16.2 Å². The molecule has 0 aliphatic carbocycles. The number of fused-ring (bicyclic) bond motifs is 1. The molecule has 0 radical (unpaired) electrons. The summed E-state index contributed by atoms with van der Waals surface area (Å²) in [4.78, 5) is 11.4. The summed E-state index contributed by atoms with van der Waals surface area (Å²) >= 11 is 0. The summed E-state index contributed by atoms with van der Waals surface area (Å²) in [6.45, 7) is 0.258. The molecule has 3 rings (SSSR count). The van der Waals surface area contributed by atoms with Gasteiger partial charge in [-0.15, -0.1) is 0 Å². The topological polar surface area (TPSA) is 131 Å². The van der Waals surface area contributed by atoms with Gasteiger partial charge in [0.1, 0.15) is 4.90 Å². The zero-order valence-electron chi connectivity index (χ0n) is 13.7. The second-order valence-electron chi connectivity index (χ2n) is 5.49. The Balaban J connectivity index is 1.95. The minimum atomic E-state index is -4.07. The molecule has 0 aromatic heterocycles. The molecular formula is C15H16BN3O6S. The number of hydrogen-bond acceptors (Lipinski definition) is 7. The van der Waals surface area contributed by atoms with Crippen LogP contribution in [0.25, 0.3) is 0 Å². The average molecular weight is 377 g/mol. The van der Waals surface area contributed by atoms with Crippen LogP contribution in [0.3, 0.4) is 0 Å². The fraction of sp³-hybridized carbons (Fsp3) is 0.133. The second-order valence-corrected chi connectivity index (χ2v) is 7.14. The molecule has 0 fully saturated rings.